The van der Waals surface area contributed by atoms with Crippen LogP contribution in [0.15, 0.2) is 53.4 Å². The zero-order valence-electron chi connectivity index (χ0n) is 15.5. The Bertz CT molecular complexity index is 983. The van der Waals surface area contributed by atoms with Crippen LogP contribution in [0.25, 0.3) is 0 Å². The van der Waals surface area contributed by atoms with Gasteiger partial charge < -0.3 is 10.4 Å². The minimum atomic E-state index is -3.66. The fourth-order valence-electron chi connectivity index (χ4n) is 3.35. The van der Waals surface area contributed by atoms with Crippen LogP contribution in [-0.4, -0.2) is 49.3 Å². The van der Waals surface area contributed by atoms with Crippen LogP contribution < -0.4 is 5.32 Å². The van der Waals surface area contributed by atoms with Gasteiger partial charge in [-0.25, -0.2) is 8.42 Å². The Morgan fingerprint density at radius 1 is 1.03 bits per heavy atom. The molecular formula is C20H21ClN2O5S. The molecule has 1 aliphatic rings. The van der Waals surface area contributed by atoms with Crippen LogP contribution in [0.5, 0.6) is 0 Å². The molecule has 0 atom stereocenters. The summed E-state index contributed by atoms with van der Waals surface area (Å²) in [5.74, 6) is -1.43. The van der Waals surface area contributed by atoms with E-state index in [2.05, 4.69) is 5.32 Å². The summed E-state index contributed by atoms with van der Waals surface area (Å²) in [4.78, 5) is 22.5. The average molecular weight is 437 g/mol. The van der Waals surface area contributed by atoms with Crippen molar-refractivity contribution in [1.82, 2.24) is 9.62 Å². The number of sulfonamides is 1. The third kappa shape index (κ3) is 5.14. The summed E-state index contributed by atoms with van der Waals surface area (Å²) in [7, 11) is -3.66. The molecule has 1 aliphatic heterocycles. The van der Waals surface area contributed by atoms with Gasteiger partial charge in [-0.15, -0.1) is 0 Å². The smallest absolute Gasteiger partial charge is 0.322 e. The third-order valence-electron chi connectivity index (χ3n) is 4.95. The lowest BCUT2D eigenvalue weighted by molar-refractivity contribution is -0.135. The first-order chi connectivity index (χ1) is 13.8. The predicted octanol–water partition coefficient (Wildman–Crippen LogP) is 2.72. The van der Waals surface area contributed by atoms with Crippen molar-refractivity contribution in [3.63, 3.8) is 0 Å². The number of nitrogens with zero attached hydrogens (tertiary/aromatic N) is 1. The minimum absolute atomic E-state index is 0.109. The highest BCUT2D eigenvalue weighted by molar-refractivity contribution is 7.89. The molecule has 1 heterocycles. The molecule has 1 saturated heterocycles. The Morgan fingerprint density at radius 3 is 2.17 bits per heavy atom. The number of hydrogen-bond acceptors (Lipinski definition) is 4. The SMILES string of the molecule is O=C(O)CNC(=O)c1ccc(S(=O)(=O)N2CCC(c3ccc(Cl)cc3)CC2)cc1. The molecule has 0 radical (unpaired) electrons. The van der Waals surface area contributed by atoms with Gasteiger partial charge in [0.05, 0.1) is 4.90 Å². The van der Waals surface area contributed by atoms with Crippen LogP contribution in [0.3, 0.4) is 0 Å². The summed E-state index contributed by atoms with van der Waals surface area (Å²) < 4.78 is 27.3. The first-order valence-corrected chi connectivity index (χ1v) is 10.9. The molecule has 0 bridgehead atoms. The van der Waals surface area contributed by atoms with Gasteiger partial charge in [0.15, 0.2) is 0 Å². The largest absolute Gasteiger partial charge is 0.480 e. The van der Waals surface area contributed by atoms with Gasteiger partial charge in [0.25, 0.3) is 5.91 Å². The Kier molecular flexibility index (Phi) is 6.56. The number of carbonyl (C=O) groups is 2. The normalized spacial score (nSPS) is 15.8. The number of hydrogen-bond donors (Lipinski definition) is 2. The van der Waals surface area contributed by atoms with Crippen molar-refractivity contribution in [3.8, 4) is 0 Å². The molecule has 0 aliphatic carbocycles. The molecule has 0 unspecified atom stereocenters. The van der Waals surface area contributed by atoms with E-state index in [4.69, 9.17) is 16.7 Å². The number of carbonyl (C=O) groups excluding carboxylic acids is 1. The van der Waals surface area contributed by atoms with Crippen LogP contribution in [0.1, 0.15) is 34.7 Å². The van der Waals surface area contributed by atoms with E-state index in [0.29, 0.717) is 24.0 Å². The van der Waals surface area contributed by atoms with Crippen molar-refractivity contribution < 1.29 is 23.1 Å². The number of carboxylic acid groups (broad SMARTS) is 1. The van der Waals surface area contributed by atoms with Gasteiger partial charge in [-0.05, 0) is 60.7 Å². The quantitative estimate of drug-likeness (QED) is 0.724. The fraction of sp³-hybridized carbons (Fsp3) is 0.300. The summed E-state index contributed by atoms with van der Waals surface area (Å²) in [6.45, 7) is 0.328. The number of nitrogens with one attached hydrogen (secondary N) is 1. The maximum atomic E-state index is 12.9. The molecule has 7 nitrogen and oxygen atoms in total. The lowest BCUT2D eigenvalue weighted by Gasteiger charge is -2.31. The standard InChI is InChI=1S/C20H21ClN2O5S/c21-17-5-1-14(2-6-17)15-9-11-23(12-10-15)29(27,28)18-7-3-16(4-8-18)20(26)22-13-19(24)25/h1-8,15H,9-13H2,(H,22,26)(H,24,25). The van der Waals surface area contributed by atoms with Gasteiger partial charge in [0.1, 0.15) is 6.54 Å². The van der Waals surface area contributed by atoms with E-state index in [9.17, 15) is 18.0 Å². The number of rotatable bonds is 6. The van der Waals surface area contributed by atoms with Gasteiger partial charge in [-0.1, -0.05) is 23.7 Å². The average Bonchev–Trinajstić information content (AvgIpc) is 2.72. The number of carboxylic acids is 1. The second-order valence-electron chi connectivity index (χ2n) is 6.83. The number of piperidine rings is 1. The van der Waals surface area contributed by atoms with Gasteiger partial charge in [0.2, 0.25) is 10.0 Å². The van der Waals surface area contributed by atoms with E-state index in [1.807, 2.05) is 24.3 Å². The highest BCUT2D eigenvalue weighted by atomic mass is 35.5. The zero-order chi connectivity index (χ0) is 21.0. The monoisotopic (exact) mass is 436 g/mol. The van der Waals surface area contributed by atoms with Gasteiger partial charge in [-0.3, -0.25) is 9.59 Å². The Labute approximate surface area is 174 Å². The van der Waals surface area contributed by atoms with E-state index in [1.165, 1.54) is 28.6 Å². The number of benzene rings is 2. The Hall–Kier alpha value is -2.42. The van der Waals surface area contributed by atoms with Gasteiger partial charge >= 0.3 is 5.97 Å². The summed E-state index contributed by atoms with van der Waals surface area (Å²) >= 11 is 5.92. The maximum Gasteiger partial charge on any atom is 0.322 e. The molecular weight excluding hydrogens is 416 g/mol. The second kappa shape index (κ2) is 8.94. The molecule has 0 aromatic heterocycles. The van der Waals surface area contributed by atoms with Gasteiger partial charge in [-0.2, -0.15) is 4.31 Å². The van der Waals surface area contributed by atoms with Crippen LogP contribution in [0, 0.1) is 0 Å². The van der Waals surface area contributed by atoms with Crippen molar-refractivity contribution in [2.45, 2.75) is 23.7 Å². The molecule has 0 spiro atoms. The topological polar surface area (TPSA) is 104 Å². The molecule has 0 saturated carbocycles. The van der Waals surface area contributed by atoms with E-state index in [0.717, 1.165) is 18.4 Å². The van der Waals surface area contributed by atoms with Crippen LogP contribution in [0.2, 0.25) is 5.02 Å². The van der Waals surface area contributed by atoms with Crippen LogP contribution in [0.4, 0.5) is 0 Å². The van der Waals surface area contributed by atoms with E-state index in [-0.39, 0.29) is 10.5 Å². The predicted molar refractivity (Wildman–Crippen MR) is 109 cm³/mol. The summed E-state index contributed by atoms with van der Waals surface area (Å²) in [6, 6.07) is 13.1. The van der Waals surface area contributed by atoms with Crippen molar-refractivity contribution in [2.24, 2.45) is 0 Å². The first kappa shape index (κ1) is 21.3. The molecule has 154 valence electrons. The molecule has 1 fully saturated rings. The van der Waals surface area contributed by atoms with E-state index in [1.54, 1.807) is 0 Å². The third-order valence-corrected chi connectivity index (χ3v) is 7.11. The molecule has 1 amide bonds. The molecule has 2 aromatic carbocycles. The summed E-state index contributed by atoms with van der Waals surface area (Å²) in [6.07, 6.45) is 1.44. The highest BCUT2D eigenvalue weighted by Gasteiger charge is 2.30. The van der Waals surface area contributed by atoms with E-state index < -0.39 is 28.4 Å². The molecule has 9 heteroatoms. The molecule has 3 rings (SSSR count). The zero-order valence-corrected chi connectivity index (χ0v) is 17.1. The number of aliphatic carboxylic acids is 1. The van der Waals surface area contributed by atoms with E-state index >= 15 is 0 Å². The molecule has 29 heavy (non-hydrogen) atoms. The lowest BCUT2D eigenvalue weighted by Crippen LogP contribution is -2.37. The molecule has 2 N–H and O–H groups in total. The number of amides is 1. The molecule has 2 aromatic rings. The van der Waals surface area contributed by atoms with Crippen LogP contribution >= 0.6 is 11.6 Å². The first-order valence-electron chi connectivity index (χ1n) is 9.13. The summed E-state index contributed by atoms with van der Waals surface area (Å²) in [5.41, 5.74) is 1.36. The van der Waals surface area contributed by atoms with Crippen molar-refractivity contribution in [2.75, 3.05) is 19.6 Å². The minimum Gasteiger partial charge on any atom is -0.480 e. The maximum absolute atomic E-state index is 12.9. The van der Waals surface area contributed by atoms with Crippen molar-refractivity contribution in [1.29, 1.82) is 0 Å². The number of halogens is 1. The van der Waals surface area contributed by atoms with Crippen molar-refractivity contribution >= 4 is 33.5 Å². The van der Waals surface area contributed by atoms with Crippen LogP contribution in [-0.2, 0) is 14.8 Å². The fourth-order valence-corrected chi connectivity index (χ4v) is 4.95. The lowest BCUT2D eigenvalue weighted by atomic mass is 9.90. The van der Waals surface area contributed by atoms with Crippen molar-refractivity contribution in [3.05, 3.63) is 64.7 Å². The Morgan fingerprint density at radius 2 is 1.62 bits per heavy atom. The van der Waals surface area contributed by atoms with Gasteiger partial charge in [0, 0.05) is 23.7 Å². The second-order valence-corrected chi connectivity index (χ2v) is 9.21. The highest BCUT2D eigenvalue weighted by Crippen LogP contribution is 2.31. The Balaban J connectivity index is 1.64. The summed E-state index contributed by atoms with van der Waals surface area (Å²) in [5, 5.41) is 11.5.